The van der Waals surface area contributed by atoms with E-state index in [-0.39, 0.29) is 11.1 Å². The third-order valence-electron chi connectivity index (χ3n) is 2.64. The van der Waals surface area contributed by atoms with Crippen LogP contribution >= 0.6 is 22.6 Å². The van der Waals surface area contributed by atoms with Crippen LogP contribution < -0.4 is 0 Å². The second kappa shape index (κ2) is 5.48. The molecule has 0 radical (unpaired) electrons. The van der Waals surface area contributed by atoms with Crippen LogP contribution in [0.25, 0.3) is 0 Å². The van der Waals surface area contributed by atoms with Gasteiger partial charge in [0.15, 0.2) is 0 Å². The lowest BCUT2D eigenvalue weighted by molar-refractivity contribution is 0.0695. The maximum absolute atomic E-state index is 11.1. The SMILES string of the molecule is CCc1c(C(=O)O)cc(C(=O)O)c(CC)c1I. The zero-order valence-corrected chi connectivity index (χ0v) is 11.7. The van der Waals surface area contributed by atoms with E-state index >= 15 is 0 Å². The number of hydrogen-bond donors (Lipinski definition) is 2. The van der Waals surface area contributed by atoms with Crippen molar-refractivity contribution in [3.8, 4) is 0 Å². The summed E-state index contributed by atoms with van der Waals surface area (Å²) in [4.78, 5) is 22.2. The Morgan fingerprint density at radius 1 is 1.06 bits per heavy atom. The smallest absolute Gasteiger partial charge is 0.336 e. The maximum atomic E-state index is 11.1. The molecule has 0 atom stereocenters. The molecule has 0 spiro atoms. The normalized spacial score (nSPS) is 10.3. The van der Waals surface area contributed by atoms with Gasteiger partial charge in [0.1, 0.15) is 0 Å². The van der Waals surface area contributed by atoms with Crippen LogP contribution in [0.2, 0.25) is 0 Å². The van der Waals surface area contributed by atoms with E-state index in [1.165, 1.54) is 6.07 Å². The average Bonchev–Trinajstić information content (AvgIpc) is 2.27. The lowest BCUT2D eigenvalue weighted by atomic mass is 9.95. The maximum Gasteiger partial charge on any atom is 0.336 e. The summed E-state index contributed by atoms with van der Waals surface area (Å²) < 4.78 is 0.755. The van der Waals surface area contributed by atoms with Gasteiger partial charge >= 0.3 is 11.9 Å². The molecule has 0 saturated heterocycles. The highest BCUT2D eigenvalue weighted by atomic mass is 127. The van der Waals surface area contributed by atoms with Gasteiger partial charge in [-0.25, -0.2) is 9.59 Å². The quantitative estimate of drug-likeness (QED) is 0.821. The molecule has 0 bridgehead atoms. The summed E-state index contributed by atoms with van der Waals surface area (Å²) in [5, 5.41) is 18.2. The topological polar surface area (TPSA) is 74.6 Å². The minimum absolute atomic E-state index is 0.0894. The summed E-state index contributed by atoms with van der Waals surface area (Å²) in [7, 11) is 0. The molecular formula is C12H13IO4. The van der Waals surface area contributed by atoms with Crippen LogP contribution in [-0.2, 0) is 12.8 Å². The summed E-state index contributed by atoms with van der Waals surface area (Å²) >= 11 is 2.03. The number of carboxylic acid groups (broad SMARTS) is 2. The standard InChI is InChI=1S/C12H13IO4/c1-3-6-8(11(14)15)5-9(12(16)17)7(4-2)10(6)13/h5H,3-4H2,1-2H3,(H,14,15)(H,16,17). The predicted octanol–water partition coefficient (Wildman–Crippen LogP) is 2.81. The molecule has 1 aromatic rings. The number of benzene rings is 1. The zero-order chi connectivity index (χ0) is 13.2. The Kier molecular flexibility index (Phi) is 4.50. The van der Waals surface area contributed by atoms with Crippen molar-refractivity contribution in [3.63, 3.8) is 0 Å². The molecule has 0 aliphatic rings. The minimum atomic E-state index is -1.08. The highest BCUT2D eigenvalue weighted by molar-refractivity contribution is 14.1. The van der Waals surface area contributed by atoms with Crippen molar-refractivity contribution in [3.05, 3.63) is 31.9 Å². The lowest BCUT2D eigenvalue weighted by Gasteiger charge is -2.13. The van der Waals surface area contributed by atoms with Crippen molar-refractivity contribution >= 4 is 34.5 Å². The van der Waals surface area contributed by atoms with Gasteiger partial charge in [-0.2, -0.15) is 0 Å². The molecule has 0 aliphatic carbocycles. The molecule has 1 aromatic carbocycles. The van der Waals surface area contributed by atoms with E-state index in [9.17, 15) is 9.59 Å². The first kappa shape index (κ1) is 14.0. The fourth-order valence-corrected chi connectivity index (χ4v) is 3.15. The van der Waals surface area contributed by atoms with Crippen molar-refractivity contribution in [2.45, 2.75) is 26.7 Å². The minimum Gasteiger partial charge on any atom is -0.478 e. The van der Waals surface area contributed by atoms with Gasteiger partial charge in [-0.1, -0.05) is 13.8 Å². The van der Waals surface area contributed by atoms with Crippen molar-refractivity contribution in [2.24, 2.45) is 0 Å². The Bertz CT molecular complexity index is 440. The van der Waals surface area contributed by atoms with E-state index in [1.54, 1.807) is 0 Å². The molecule has 92 valence electrons. The van der Waals surface area contributed by atoms with Gasteiger partial charge in [-0.15, -0.1) is 0 Å². The molecule has 1 rings (SSSR count). The van der Waals surface area contributed by atoms with Crippen molar-refractivity contribution in [2.75, 3.05) is 0 Å². The van der Waals surface area contributed by atoms with Crippen molar-refractivity contribution < 1.29 is 19.8 Å². The number of carbonyl (C=O) groups is 2. The van der Waals surface area contributed by atoms with Gasteiger partial charge in [0.05, 0.1) is 11.1 Å². The van der Waals surface area contributed by atoms with Gasteiger partial charge in [0, 0.05) is 3.57 Å². The van der Waals surface area contributed by atoms with E-state index in [0.29, 0.717) is 24.0 Å². The zero-order valence-electron chi connectivity index (χ0n) is 9.58. The number of halogens is 1. The molecule has 4 nitrogen and oxygen atoms in total. The largest absolute Gasteiger partial charge is 0.478 e. The van der Waals surface area contributed by atoms with Gasteiger partial charge in [-0.05, 0) is 52.6 Å². The molecule has 0 amide bonds. The monoisotopic (exact) mass is 348 g/mol. The van der Waals surface area contributed by atoms with Gasteiger partial charge in [0.25, 0.3) is 0 Å². The molecule has 5 heteroatoms. The van der Waals surface area contributed by atoms with Crippen molar-refractivity contribution in [1.29, 1.82) is 0 Å². The molecule has 0 heterocycles. The first-order valence-electron chi connectivity index (χ1n) is 5.24. The Morgan fingerprint density at radius 2 is 1.41 bits per heavy atom. The predicted molar refractivity (Wildman–Crippen MR) is 71.8 cm³/mol. The van der Waals surface area contributed by atoms with Crippen LogP contribution in [0, 0.1) is 3.57 Å². The van der Waals surface area contributed by atoms with Gasteiger partial charge in [-0.3, -0.25) is 0 Å². The third-order valence-corrected chi connectivity index (χ3v) is 3.94. The van der Waals surface area contributed by atoms with E-state index in [1.807, 2.05) is 36.4 Å². The van der Waals surface area contributed by atoms with Crippen LogP contribution in [0.3, 0.4) is 0 Å². The second-order valence-corrected chi connectivity index (χ2v) is 4.64. The van der Waals surface area contributed by atoms with E-state index < -0.39 is 11.9 Å². The Morgan fingerprint density at radius 3 is 1.65 bits per heavy atom. The van der Waals surface area contributed by atoms with Crippen molar-refractivity contribution in [1.82, 2.24) is 0 Å². The van der Waals surface area contributed by atoms with Crippen LogP contribution in [0.1, 0.15) is 45.7 Å². The van der Waals surface area contributed by atoms with Crippen LogP contribution in [0.15, 0.2) is 6.07 Å². The summed E-state index contributed by atoms with van der Waals surface area (Å²) in [5.41, 5.74) is 1.60. The second-order valence-electron chi connectivity index (χ2n) is 3.56. The summed E-state index contributed by atoms with van der Waals surface area (Å²) in [6.45, 7) is 3.73. The Balaban J connectivity index is 3.66. The Hall–Kier alpha value is -1.11. The van der Waals surface area contributed by atoms with E-state index in [4.69, 9.17) is 10.2 Å². The first-order chi connectivity index (χ1) is 7.93. The fraction of sp³-hybridized carbons (Fsp3) is 0.333. The highest BCUT2D eigenvalue weighted by Gasteiger charge is 2.21. The molecule has 0 saturated carbocycles. The molecule has 0 aliphatic heterocycles. The molecule has 17 heavy (non-hydrogen) atoms. The van der Waals surface area contributed by atoms with Crippen LogP contribution in [0.4, 0.5) is 0 Å². The Labute approximate surface area is 113 Å². The molecule has 0 aromatic heterocycles. The molecule has 0 unspecified atom stereocenters. The van der Waals surface area contributed by atoms with Crippen LogP contribution in [-0.4, -0.2) is 22.2 Å². The van der Waals surface area contributed by atoms with Gasteiger partial charge < -0.3 is 10.2 Å². The summed E-state index contributed by atoms with van der Waals surface area (Å²) in [6, 6.07) is 1.27. The fourth-order valence-electron chi connectivity index (χ4n) is 1.81. The number of carboxylic acids is 2. The summed E-state index contributed by atoms with van der Waals surface area (Å²) in [6.07, 6.45) is 1.15. The molecule has 2 N–H and O–H groups in total. The number of aromatic carboxylic acids is 2. The summed E-state index contributed by atoms with van der Waals surface area (Å²) in [5.74, 6) is -2.16. The van der Waals surface area contributed by atoms with E-state index in [0.717, 1.165) is 3.57 Å². The molecule has 0 fully saturated rings. The number of hydrogen-bond acceptors (Lipinski definition) is 2. The highest BCUT2D eigenvalue weighted by Crippen LogP contribution is 2.26. The number of rotatable bonds is 4. The first-order valence-corrected chi connectivity index (χ1v) is 6.32. The van der Waals surface area contributed by atoms with Crippen LogP contribution in [0.5, 0.6) is 0 Å². The molecular weight excluding hydrogens is 335 g/mol. The third kappa shape index (κ3) is 2.59. The van der Waals surface area contributed by atoms with Gasteiger partial charge in [0.2, 0.25) is 0 Å². The van der Waals surface area contributed by atoms with E-state index in [2.05, 4.69) is 0 Å². The lowest BCUT2D eigenvalue weighted by Crippen LogP contribution is -2.12. The average molecular weight is 348 g/mol.